The van der Waals surface area contributed by atoms with E-state index in [9.17, 15) is 4.79 Å². The number of hydrogen-bond donors (Lipinski definition) is 2. The summed E-state index contributed by atoms with van der Waals surface area (Å²) in [6, 6.07) is 33.3. The van der Waals surface area contributed by atoms with Crippen LogP contribution >= 0.6 is 15.9 Å². The Morgan fingerprint density at radius 2 is 1.70 bits per heavy atom. The molecule has 8 heteroatoms. The van der Waals surface area contributed by atoms with Crippen molar-refractivity contribution in [2.45, 2.75) is 37.3 Å². The predicted molar refractivity (Wildman–Crippen MR) is 175 cm³/mol. The normalized spacial score (nSPS) is 17.4. The monoisotopic (exact) mass is 656 g/mol. The molecule has 0 fully saturated rings. The van der Waals surface area contributed by atoms with Crippen LogP contribution < -0.4 is 14.8 Å². The van der Waals surface area contributed by atoms with Gasteiger partial charge in [0.1, 0.15) is 11.5 Å². The number of carbonyl (C=O) groups is 1. The highest BCUT2D eigenvalue weighted by molar-refractivity contribution is 9.10. The number of halogens is 1. The summed E-state index contributed by atoms with van der Waals surface area (Å²) in [6.07, 6.45) is 1.84. The summed E-state index contributed by atoms with van der Waals surface area (Å²) in [5.74, 6) is 1.55. The fourth-order valence-electron chi connectivity index (χ4n) is 5.29. The molecule has 228 valence electrons. The van der Waals surface area contributed by atoms with Crippen molar-refractivity contribution in [3.8, 4) is 11.5 Å². The van der Waals surface area contributed by atoms with Crippen molar-refractivity contribution in [2.75, 3.05) is 26.9 Å². The number of nitrogens with zero attached hydrogens (tertiary/aromatic N) is 1. The lowest BCUT2D eigenvalue weighted by molar-refractivity contribution is -0.128. The number of amides is 1. The second-order valence-electron chi connectivity index (χ2n) is 10.7. The first-order chi connectivity index (χ1) is 21.5. The van der Waals surface area contributed by atoms with Gasteiger partial charge in [-0.05, 0) is 78.1 Å². The highest BCUT2D eigenvalue weighted by Gasteiger charge is 2.53. The number of aliphatic imine (C=N–C) groups is 1. The van der Waals surface area contributed by atoms with E-state index in [4.69, 9.17) is 24.3 Å². The van der Waals surface area contributed by atoms with Crippen molar-refractivity contribution >= 4 is 27.7 Å². The Balaban J connectivity index is 1.49. The zero-order valence-electron chi connectivity index (χ0n) is 24.7. The molecule has 7 nitrogen and oxygen atoms in total. The van der Waals surface area contributed by atoms with E-state index in [1.54, 1.807) is 7.11 Å². The third-order valence-electron chi connectivity index (χ3n) is 7.58. The average molecular weight is 658 g/mol. The lowest BCUT2D eigenvalue weighted by Gasteiger charge is -2.31. The molecule has 0 saturated heterocycles. The minimum Gasteiger partial charge on any atom is -0.497 e. The number of aliphatic hydroxyl groups is 1. The van der Waals surface area contributed by atoms with Crippen LogP contribution in [0.4, 0.5) is 0 Å². The quantitative estimate of drug-likeness (QED) is 0.152. The zero-order chi connectivity index (χ0) is 30.8. The van der Waals surface area contributed by atoms with E-state index in [1.165, 1.54) is 5.56 Å². The van der Waals surface area contributed by atoms with Gasteiger partial charge in [-0.2, -0.15) is 0 Å². The molecule has 2 N–H and O–H groups in total. The third kappa shape index (κ3) is 7.68. The van der Waals surface area contributed by atoms with Crippen molar-refractivity contribution in [3.05, 3.63) is 130 Å². The Hall–Kier alpha value is -4.14. The molecular formula is C36H37BrN2O5. The number of carbonyl (C=O) groups excluding carboxylic acids is 1. The molecule has 4 aromatic rings. The second-order valence-corrected chi connectivity index (χ2v) is 11.6. The molecule has 0 aliphatic carbocycles. The Kier molecular flexibility index (Phi) is 10.7. The summed E-state index contributed by atoms with van der Waals surface area (Å²) in [5.41, 5.74) is 2.44. The smallest absolute Gasteiger partial charge is 0.252 e. The van der Waals surface area contributed by atoms with E-state index >= 15 is 0 Å². The van der Waals surface area contributed by atoms with Gasteiger partial charge >= 0.3 is 0 Å². The molecule has 2 atom stereocenters. The Morgan fingerprint density at radius 3 is 2.43 bits per heavy atom. The predicted octanol–water partition coefficient (Wildman–Crippen LogP) is 6.47. The molecule has 0 unspecified atom stereocenters. The summed E-state index contributed by atoms with van der Waals surface area (Å²) >= 11 is 3.52. The lowest BCUT2D eigenvalue weighted by Crippen LogP contribution is -2.50. The summed E-state index contributed by atoms with van der Waals surface area (Å²) in [7, 11) is 1.62. The van der Waals surface area contributed by atoms with E-state index in [2.05, 4.69) is 33.4 Å². The molecule has 44 heavy (non-hydrogen) atoms. The fourth-order valence-corrected chi connectivity index (χ4v) is 5.56. The molecular weight excluding hydrogens is 620 g/mol. The maximum Gasteiger partial charge on any atom is 0.252 e. The molecule has 1 aliphatic heterocycles. The van der Waals surface area contributed by atoms with Gasteiger partial charge < -0.3 is 24.6 Å². The average Bonchev–Trinajstić information content (AvgIpc) is 3.45. The number of nitrogens with one attached hydrogen (secondary N) is 1. The number of methoxy groups -OCH3 is 1. The van der Waals surface area contributed by atoms with Gasteiger partial charge in [0.2, 0.25) is 5.90 Å². The molecule has 0 spiro atoms. The molecule has 0 radical (unpaired) electrons. The van der Waals surface area contributed by atoms with Crippen LogP contribution in [0.5, 0.6) is 11.5 Å². The Morgan fingerprint density at radius 1 is 0.932 bits per heavy atom. The van der Waals surface area contributed by atoms with Crippen LogP contribution in [0.15, 0.2) is 113 Å². The van der Waals surface area contributed by atoms with Crippen molar-refractivity contribution in [2.24, 2.45) is 4.99 Å². The Bertz CT molecular complexity index is 1540. The van der Waals surface area contributed by atoms with Crippen molar-refractivity contribution < 1.29 is 24.1 Å². The van der Waals surface area contributed by atoms with Crippen LogP contribution in [0, 0.1) is 0 Å². The van der Waals surface area contributed by atoms with Crippen molar-refractivity contribution in [1.29, 1.82) is 0 Å². The van der Waals surface area contributed by atoms with Gasteiger partial charge in [0.25, 0.3) is 5.91 Å². The van der Waals surface area contributed by atoms with E-state index in [1.807, 2.05) is 91.0 Å². The Labute approximate surface area is 267 Å². The number of rotatable bonds is 14. The summed E-state index contributed by atoms with van der Waals surface area (Å²) in [4.78, 5) is 19.5. The van der Waals surface area contributed by atoms with Gasteiger partial charge in [-0.25, -0.2) is 4.99 Å². The number of aliphatic hydroxyl groups excluding tert-OH is 1. The van der Waals surface area contributed by atoms with Gasteiger partial charge in [0.15, 0.2) is 11.6 Å². The summed E-state index contributed by atoms with van der Waals surface area (Å²) < 4.78 is 18.8. The van der Waals surface area contributed by atoms with E-state index in [0.717, 1.165) is 34.0 Å². The van der Waals surface area contributed by atoms with Crippen LogP contribution in [0.1, 0.15) is 41.2 Å². The molecule has 5 rings (SSSR count). The molecule has 0 saturated carbocycles. The highest BCUT2D eigenvalue weighted by atomic mass is 79.9. The van der Waals surface area contributed by atoms with Gasteiger partial charge in [-0.15, -0.1) is 0 Å². The first kappa shape index (κ1) is 31.3. The first-order valence-corrected chi connectivity index (χ1v) is 15.6. The van der Waals surface area contributed by atoms with Crippen molar-refractivity contribution in [1.82, 2.24) is 5.32 Å². The largest absolute Gasteiger partial charge is 0.497 e. The maximum absolute atomic E-state index is 14.4. The van der Waals surface area contributed by atoms with Gasteiger partial charge in [-0.1, -0.05) is 70.5 Å². The van der Waals surface area contributed by atoms with Crippen LogP contribution in [-0.4, -0.2) is 49.3 Å². The van der Waals surface area contributed by atoms with Crippen LogP contribution in [0.25, 0.3) is 0 Å². The minimum absolute atomic E-state index is 0.0726. The number of benzene rings is 4. The molecule has 1 aliphatic rings. The number of ether oxygens (including phenoxy) is 3. The molecule has 0 aromatic heterocycles. The maximum atomic E-state index is 14.4. The van der Waals surface area contributed by atoms with Crippen LogP contribution in [0.2, 0.25) is 0 Å². The molecule has 0 bridgehead atoms. The first-order valence-electron chi connectivity index (χ1n) is 14.8. The van der Waals surface area contributed by atoms with Crippen LogP contribution in [-0.2, 0) is 22.4 Å². The topological polar surface area (TPSA) is 89.4 Å². The third-order valence-corrected chi connectivity index (χ3v) is 8.11. The van der Waals surface area contributed by atoms with Crippen LogP contribution in [0.3, 0.4) is 0 Å². The van der Waals surface area contributed by atoms with E-state index in [0.29, 0.717) is 43.4 Å². The van der Waals surface area contributed by atoms with E-state index < -0.39 is 11.6 Å². The number of hydrogen-bond acceptors (Lipinski definition) is 6. The van der Waals surface area contributed by atoms with Crippen molar-refractivity contribution in [3.63, 3.8) is 0 Å². The molecule has 1 amide bonds. The SMILES string of the molecule is COc1cccc([C@H]2OC(c3ccc(OCCCO)cc3)=N[C@@]2(Cc2ccc(Br)cc2)C(=O)NCCCc2ccccc2)c1. The zero-order valence-corrected chi connectivity index (χ0v) is 26.3. The molecule has 4 aromatic carbocycles. The second kappa shape index (κ2) is 15.0. The summed E-state index contributed by atoms with van der Waals surface area (Å²) in [5, 5.41) is 12.3. The lowest BCUT2D eigenvalue weighted by atomic mass is 9.82. The number of aryl methyl sites for hydroxylation is 1. The highest BCUT2D eigenvalue weighted by Crippen LogP contribution is 2.43. The fraction of sp³-hybridized carbons (Fsp3) is 0.278. The standard InChI is InChI=1S/C36H37BrN2O5/c1-42-32-12-5-11-29(24-32)33-36(25-27-13-17-30(37)18-14-27,35(41)38-21-6-10-26-8-3-2-4-9-26)39-34(44-33)28-15-19-31(20-16-28)43-23-7-22-40/h2-5,8-9,11-20,24,33,40H,6-7,10,21-23,25H2,1H3,(H,38,41)/t33-,36-/m1/s1. The van der Waals surface area contributed by atoms with E-state index in [-0.39, 0.29) is 12.5 Å². The van der Waals surface area contributed by atoms with Gasteiger partial charge in [0.05, 0.1) is 13.7 Å². The molecule has 1 heterocycles. The van der Waals surface area contributed by atoms with Gasteiger partial charge in [-0.3, -0.25) is 4.79 Å². The van der Waals surface area contributed by atoms with Gasteiger partial charge in [0, 0.05) is 36.0 Å². The summed E-state index contributed by atoms with van der Waals surface area (Å²) in [6.45, 7) is 1.00. The minimum atomic E-state index is -1.28.